The third-order valence-electron chi connectivity index (χ3n) is 3.40. The van der Waals surface area contributed by atoms with Crippen molar-refractivity contribution in [2.24, 2.45) is 0 Å². The number of ether oxygens (including phenoxy) is 1. The quantitative estimate of drug-likeness (QED) is 0.271. The Morgan fingerprint density at radius 2 is 1.79 bits per heavy atom. The first kappa shape index (κ1) is 22.4. The van der Waals surface area contributed by atoms with Crippen molar-refractivity contribution < 1.29 is 56.3 Å². The molecule has 0 spiro atoms. The van der Waals surface area contributed by atoms with Crippen LogP contribution in [0.5, 0.6) is 0 Å². The second-order valence-electron chi connectivity index (χ2n) is 5.54. The lowest BCUT2D eigenvalue weighted by Gasteiger charge is -2.20. The van der Waals surface area contributed by atoms with Crippen molar-refractivity contribution >= 4 is 40.4 Å². The number of aliphatic hydroxyl groups is 1. The number of nitrogen functional groups attached to an aromatic ring is 1. The molecule has 2 aromatic rings. The van der Waals surface area contributed by atoms with Gasteiger partial charge in [-0.1, -0.05) is 0 Å². The summed E-state index contributed by atoms with van der Waals surface area (Å²) in [4.78, 5) is 47.4. The topological polar surface area (TPSA) is 259 Å². The number of anilines is 1. The van der Waals surface area contributed by atoms with Crippen LogP contribution >= 0.6 is 23.5 Å². The standard InChI is InChI=1S/C9H14N5O12P3/c10-7-6-8(12-2-11-7)14(3-13-6)5-1-4(15)9(23-5)24-28(19,20)26-29(21,22)25-27(16,17)18/h2-5,9,15H,1H2,(H,19,20)(H,21,22)(H2,10,11,12)(H2,16,17,18). The Morgan fingerprint density at radius 1 is 1.10 bits per heavy atom. The summed E-state index contributed by atoms with van der Waals surface area (Å²) in [6.07, 6.45) is -2.11. The summed E-state index contributed by atoms with van der Waals surface area (Å²) in [6, 6.07) is 0. The van der Waals surface area contributed by atoms with E-state index >= 15 is 0 Å². The summed E-state index contributed by atoms with van der Waals surface area (Å²) in [5.41, 5.74) is 6.13. The fourth-order valence-electron chi connectivity index (χ4n) is 2.40. The normalized spacial score (nSPS) is 27.0. The van der Waals surface area contributed by atoms with Gasteiger partial charge in [0.1, 0.15) is 24.2 Å². The Morgan fingerprint density at radius 3 is 2.45 bits per heavy atom. The molecule has 20 heteroatoms. The average Bonchev–Trinajstić information content (AvgIpc) is 3.08. The fourth-order valence-corrected chi connectivity index (χ4v) is 5.52. The third-order valence-corrected chi connectivity index (χ3v) is 7.20. The second-order valence-corrected chi connectivity index (χ2v) is 9.91. The van der Waals surface area contributed by atoms with E-state index in [9.17, 15) is 23.7 Å². The maximum absolute atomic E-state index is 11.9. The first-order valence-corrected chi connectivity index (χ1v) is 11.9. The Balaban J connectivity index is 1.72. The van der Waals surface area contributed by atoms with Crippen LogP contribution in [0.1, 0.15) is 12.6 Å². The molecule has 0 aliphatic carbocycles. The highest BCUT2D eigenvalue weighted by molar-refractivity contribution is 7.66. The summed E-state index contributed by atoms with van der Waals surface area (Å²) in [5, 5.41) is 10.0. The lowest BCUT2D eigenvalue weighted by molar-refractivity contribution is -0.133. The number of aromatic nitrogens is 4. The van der Waals surface area contributed by atoms with Gasteiger partial charge >= 0.3 is 23.5 Å². The third kappa shape index (κ3) is 5.44. The van der Waals surface area contributed by atoms with Crippen molar-refractivity contribution in [1.29, 1.82) is 0 Å². The van der Waals surface area contributed by atoms with Gasteiger partial charge in [-0.2, -0.15) is 8.62 Å². The van der Waals surface area contributed by atoms with Crippen LogP contribution in [0.3, 0.4) is 0 Å². The van der Waals surface area contributed by atoms with Gasteiger partial charge in [-0.05, 0) is 0 Å². The van der Waals surface area contributed by atoms with Crippen LogP contribution in [0.25, 0.3) is 11.2 Å². The molecule has 3 rings (SSSR count). The van der Waals surface area contributed by atoms with E-state index in [-0.39, 0.29) is 23.4 Å². The molecule has 0 radical (unpaired) electrons. The molecule has 2 aromatic heterocycles. The van der Waals surface area contributed by atoms with Gasteiger partial charge < -0.3 is 35.2 Å². The minimum Gasteiger partial charge on any atom is -0.388 e. The number of nitrogens with two attached hydrogens (primary N) is 1. The molecule has 1 aliphatic rings. The zero-order valence-electron chi connectivity index (χ0n) is 13.9. The summed E-state index contributed by atoms with van der Waals surface area (Å²) in [5.74, 6) is 0.0807. The van der Waals surface area contributed by atoms with Gasteiger partial charge in [-0.25, -0.2) is 28.6 Å². The number of imidazole rings is 1. The molecular formula is C9H14N5O12P3. The second kappa shape index (κ2) is 7.74. The number of rotatable bonds is 7. The Bertz CT molecular complexity index is 1050. The largest absolute Gasteiger partial charge is 0.490 e. The van der Waals surface area contributed by atoms with E-state index in [1.165, 1.54) is 10.9 Å². The highest BCUT2D eigenvalue weighted by atomic mass is 31.3. The number of hydrogen-bond acceptors (Lipinski definition) is 12. The van der Waals surface area contributed by atoms with E-state index in [0.717, 1.165) is 6.33 Å². The summed E-state index contributed by atoms with van der Waals surface area (Å²) in [6.45, 7) is 0. The number of phosphoric ester groups is 1. The predicted octanol–water partition coefficient (Wildman–Crippen LogP) is -0.642. The summed E-state index contributed by atoms with van der Waals surface area (Å²) in [7, 11) is -16.7. The number of aliphatic hydroxyl groups excluding tert-OH is 1. The molecule has 5 atom stereocenters. The number of hydrogen-bond donors (Lipinski definition) is 6. The molecule has 1 fully saturated rings. The summed E-state index contributed by atoms with van der Waals surface area (Å²) < 4.78 is 52.1. The van der Waals surface area contributed by atoms with Gasteiger partial charge in [0, 0.05) is 6.42 Å². The van der Waals surface area contributed by atoms with Crippen LogP contribution in [0.15, 0.2) is 12.7 Å². The smallest absolute Gasteiger partial charge is 0.388 e. The van der Waals surface area contributed by atoms with Gasteiger partial charge in [0.15, 0.2) is 17.8 Å². The van der Waals surface area contributed by atoms with E-state index in [1.807, 2.05) is 0 Å². The van der Waals surface area contributed by atoms with Crippen molar-refractivity contribution in [3.8, 4) is 0 Å². The predicted molar refractivity (Wildman–Crippen MR) is 89.2 cm³/mol. The van der Waals surface area contributed by atoms with E-state index in [4.69, 9.17) is 25.2 Å². The van der Waals surface area contributed by atoms with Crippen molar-refractivity contribution in [2.75, 3.05) is 5.73 Å². The molecular weight excluding hydrogens is 463 g/mol. The molecule has 7 N–H and O–H groups in total. The molecule has 0 bridgehead atoms. The van der Waals surface area contributed by atoms with Crippen molar-refractivity contribution in [1.82, 2.24) is 19.5 Å². The first-order valence-electron chi connectivity index (χ1n) is 7.35. The molecule has 29 heavy (non-hydrogen) atoms. The molecule has 1 saturated heterocycles. The van der Waals surface area contributed by atoms with Gasteiger partial charge in [-0.3, -0.25) is 9.09 Å². The lowest BCUT2D eigenvalue weighted by Crippen LogP contribution is -2.23. The number of fused-ring (bicyclic) bond motifs is 1. The van der Waals surface area contributed by atoms with Gasteiger partial charge in [0.2, 0.25) is 0 Å². The minimum absolute atomic E-state index is 0.0807. The molecule has 17 nitrogen and oxygen atoms in total. The van der Waals surface area contributed by atoms with E-state index in [0.29, 0.717) is 0 Å². The number of nitrogens with zero attached hydrogens (tertiary/aromatic N) is 4. The van der Waals surface area contributed by atoms with Crippen LogP contribution in [-0.4, -0.2) is 56.6 Å². The summed E-state index contributed by atoms with van der Waals surface area (Å²) >= 11 is 0. The van der Waals surface area contributed by atoms with Gasteiger partial charge in [-0.15, -0.1) is 0 Å². The van der Waals surface area contributed by atoms with E-state index in [1.54, 1.807) is 0 Å². The van der Waals surface area contributed by atoms with Crippen molar-refractivity contribution in [3.05, 3.63) is 12.7 Å². The monoisotopic (exact) mass is 477 g/mol. The first-order chi connectivity index (χ1) is 13.3. The maximum Gasteiger partial charge on any atom is 0.490 e. The highest BCUT2D eigenvalue weighted by Crippen LogP contribution is 2.66. The Labute approximate surface area is 160 Å². The zero-order chi connectivity index (χ0) is 21.6. The fraction of sp³-hybridized carbons (Fsp3) is 0.444. The minimum atomic E-state index is -5.70. The van der Waals surface area contributed by atoms with Crippen molar-refractivity contribution in [2.45, 2.75) is 25.0 Å². The Kier molecular flexibility index (Phi) is 5.97. The SMILES string of the molecule is Nc1ncnc2c1ncn2C1CC(O)C(OP(=O)(O)OP(=O)(O)OP(=O)(O)O)O1. The van der Waals surface area contributed by atoms with Crippen molar-refractivity contribution in [3.63, 3.8) is 0 Å². The van der Waals surface area contributed by atoms with Crippen LogP contribution in [0, 0.1) is 0 Å². The lowest BCUT2D eigenvalue weighted by atomic mass is 10.2. The highest BCUT2D eigenvalue weighted by Gasteiger charge is 2.46. The van der Waals surface area contributed by atoms with Gasteiger partial charge in [0.05, 0.1) is 6.33 Å². The average molecular weight is 477 g/mol. The van der Waals surface area contributed by atoms with E-state index < -0.39 is 42.1 Å². The molecule has 0 aromatic carbocycles. The van der Waals surface area contributed by atoms with Crippen LogP contribution in [0.2, 0.25) is 0 Å². The maximum atomic E-state index is 11.9. The molecule has 0 amide bonds. The van der Waals surface area contributed by atoms with Crippen LogP contribution in [0.4, 0.5) is 5.82 Å². The molecule has 1 aliphatic heterocycles. The van der Waals surface area contributed by atoms with Crippen LogP contribution < -0.4 is 5.73 Å². The number of phosphoric acid groups is 3. The molecule has 3 heterocycles. The molecule has 0 saturated carbocycles. The van der Waals surface area contributed by atoms with Gasteiger partial charge in [0.25, 0.3) is 0 Å². The van der Waals surface area contributed by atoms with Crippen LogP contribution in [-0.2, 0) is 31.6 Å². The molecule has 5 unspecified atom stereocenters. The molecule has 162 valence electrons. The Hall–Kier alpha value is -1.32. The zero-order valence-corrected chi connectivity index (χ0v) is 16.6. The van der Waals surface area contributed by atoms with E-state index in [2.05, 4.69) is 28.1 Å².